The lowest BCUT2D eigenvalue weighted by Crippen LogP contribution is -2.08. The van der Waals surface area contributed by atoms with Gasteiger partial charge in [-0.05, 0) is 30.3 Å². The van der Waals surface area contributed by atoms with Gasteiger partial charge in [-0.1, -0.05) is 18.2 Å². The van der Waals surface area contributed by atoms with E-state index in [2.05, 4.69) is 4.98 Å². The predicted molar refractivity (Wildman–Crippen MR) is 86.6 cm³/mol. The summed E-state index contributed by atoms with van der Waals surface area (Å²) in [6.07, 6.45) is 0.620. The molecule has 22 heavy (non-hydrogen) atoms. The van der Waals surface area contributed by atoms with Crippen LogP contribution in [0.15, 0.2) is 48.5 Å². The first-order valence-electron chi connectivity index (χ1n) is 6.92. The molecule has 0 unspecified atom stereocenters. The van der Waals surface area contributed by atoms with Crippen LogP contribution in [0.3, 0.4) is 0 Å². The summed E-state index contributed by atoms with van der Waals surface area (Å²) in [5.41, 5.74) is 1.48. The quantitative estimate of drug-likeness (QED) is 0.674. The number of hydrogen-bond donors (Lipinski definition) is 0. The van der Waals surface area contributed by atoms with Crippen LogP contribution in [-0.4, -0.2) is 24.7 Å². The van der Waals surface area contributed by atoms with Crippen molar-refractivity contribution in [1.82, 2.24) is 4.98 Å². The Hall–Kier alpha value is -2.40. The number of ether oxygens (including phenoxy) is 2. The Kier molecular flexibility index (Phi) is 4.34. The smallest absolute Gasteiger partial charge is 0.338 e. The first-order chi connectivity index (χ1) is 10.8. The van der Waals surface area contributed by atoms with Gasteiger partial charge >= 0.3 is 5.97 Å². The third-order valence-corrected chi connectivity index (χ3v) is 4.29. The Morgan fingerprint density at radius 1 is 1.18 bits per heavy atom. The monoisotopic (exact) mass is 313 g/mol. The fraction of sp³-hybridized carbons (Fsp3) is 0.176. The lowest BCUT2D eigenvalue weighted by atomic mass is 10.2. The summed E-state index contributed by atoms with van der Waals surface area (Å²) in [6.45, 7) is 0.315. The zero-order valence-corrected chi connectivity index (χ0v) is 12.9. The van der Waals surface area contributed by atoms with Crippen molar-refractivity contribution in [2.45, 2.75) is 6.42 Å². The molecule has 0 radical (unpaired) electrons. The molecular formula is C17H15NO3S. The molecule has 112 valence electrons. The molecular weight excluding hydrogens is 298 g/mol. The molecule has 1 aromatic heterocycles. The second-order valence-corrected chi connectivity index (χ2v) is 5.81. The van der Waals surface area contributed by atoms with E-state index in [1.54, 1.807) is 42.7 Å². The molecule has 0 saturated carbocycles. The van der Waals surface area contributed by atoms with Crippen LogP contribution >= 0.6 is 11.3 Å². The van der Waals surface area contributed by atoms with Crippen molar-refractivity contribution in [2.75, 3.05) is 13.7 Å². The van der Waals surface area contributed by atoms with Crippen LogP contribution in [0.4, 0.5) is 0 Å². The number of fused-ring (bicyclic) bond motifs is 1. The van der Waals surface area contributed by atoms with E-state index < -0.39 is 0 Å². The zero-order chi connectivity index (χ0) is 15.4. The minimum Gasteiger partial charge on any atom is -0.497 e. The van der Waals surface area contributed by atoms with Gasteiger partial charge in [0.2, 0.25) is 0 Å². The Balaban J connectivity index is 1.59. The highest BCUT2D eigenvalue weighted by molar-refractivity contribution is 7.18. The molecule has 3 rings (SSSR count). The average molecular weight is 313 g/mol. The summed E-state index contributed by atoms with van der Waals surface area (Å²) >= 11 is 1.63. The molecule has 0 bridgehead atoms. The first-order valence-corrected chi connectivity index (χ1v) is 7.73. The van der Waals surface area contributed by atoms with Gasteiger partial charge in [0.15, 0.2) is 0 Å². The van der Waals surface area contributed by atoms with Gasteiger partial charge in [-0.15, -0.1) is 11.3 Å². The van der Waals surface area contributed by atoms with E-state index in [9.17, 15) is 4.79 Å². The molecule has 0 aliphatic carbocycles. The van der Waals surface area contributed by atoms with E-state index in [-0.39, 0.29) is 5.97 Å². The zero-order valence-electron chi connectivity index (χ0n) is 12.1. The van der Waals surface area contributed by atoms with Crippen LogP contribution in [0.2, 0.25) is 0 Å². The van der Waals surface area contributed by atoms with E-state index in [0.717, 1.165) is 15.2 Å². The van der Waals surface area contributed by atoms with Gasteiger partial charge in [0.05, 0.1) is 34.5 Å². The number of para-hydroxylation sites is 1. The fourth-order valence-electron chi connectivity index (χ4n) is 2.09. The van der Waals surface area contributed by atoms with Crippen LogP contribution in [0.1, 0.15) is 15.4 Å². The van der Waals surface area contributed by atoms with Crippen molar-refractivity contribution in [2.24, 2.45) is 0 Å². The molecule has 3 aromatic rings. The maximum atomic E-state index is 12.0. The lowest BCUT2D eigenvalue weighted by Gasteiger charge is -2.05. The Morgan fingerprint density at radius 3 is 2.86 bits per heavy atom. The van der Waals surface area contributed by atoms with Crippen molar-refractivity contribution in [3.05, 3.63) is 59.1 Å². The topological polar surface area (TPSA) is 48.4 Å². The summed E-state index contributed by atoms with van der Waals surface area (Å²) in [7, 11) is 1.57. The summed E-state index contributed by atoms with van der Waals surface area (Å²) in [6, 6.07) is 14.9. The number of rotatable bonds is 5. The number of nitrogens with zero attached hydrogens (tertiary/aromatic N) is 1. The third-order valence-electron chi connectivity index (χ3n) is 3.19. The predicted octanol–water partition coefficient (Wildman–Crippen LogP) is 3.70. The van der Waals surface area contributed by atoms with Gasteiger partial charge in [0, 0.05) is 6.42 Å². The SMILES string of the molecule is COc1cccc(C(=O)OCCc2nc3ccccc3s2)c1. The molecule has 0 saturated heterocycles. The number of carbonyl (C=O) groups is 1. The molecule has 0 spiro atoms. The van der Waals surface area contributed by atoms with Gasteiger partial charge in [-0.25, -0.2) is 9.78 Å². The van der Waals surface area contributed by atoms with Crippen molar-refractivity contribution in [3.63, 3.8) is 0 Å². The Bertz CT molecular complexity index is 764. The summed E-state index contributed by atoms with van der Waals surface area (Å²) in [4.78, 5) is 16.5. The van der Waals surface area contributed by atoms with Crippen LogP contribution < -0.4 is 4.74 Å². The molecule has 0 fully saturated rings. The minimum atomic E-state index is -0.347. The third kappa shape index (κ3) is 3.26. The summed E-state index contributed by atoms with van der Waals surface area (Å²) in [5, 5.41) is 0.972. The largest absolute Gasteiger partial charge is 0.497 e. The highest BCUT2D eigenvalue weighted by Crippen LogP contribution is 2.22. The maximum absolute atomic E-state index is 12.0. The van der Waals surface area contributed by atoms with Crippen LogP contribution in [0.5, 0.6) is 5.75 Å². The number of esters is 1. The molecule has 0 amide bonds. The molecule has 5 heteroatoms. The first kappa shape index (κ1) is 14.5. The number of hydrogen-bond acceptors (Lipinski definition) is 5. The highest BCUT2D eigenvalue weighted by Gasteiger charge is 2.09. The molecule has 0 aliphatic heterocycles. The Morgan fingerprint density at radius 2 is 2.05 bits per heavy atom. The van der Waals surface area contributed by atoms with Crippen molar-refractivity contribution in [3.8, 4) is 5.75 Å². The number of methoxy groups -OCH3 is 1. The number of benzene rings is 2. The van der Waals surface area contributed by atoms with E-state index >= 15 is 0 Å². The van der Waals surface area contributed by atoms with Gasteiger partial charge in [0.25, 0.3) is 0 Å². The van der Waals surface area contributed by atoms with E-state index in [0.29, 0.717) is 24.3 Å². The van der Waals surface area contributed by atoms with Crippen LogP contribution in [-0.2, 0) is 11.2 Å². The highest BCUT2D eigenvalue weighted by atomic mass is 32.1. The molecule has 0 atom stereocenters. The maximum Gasteiger partial charge on any atom is 0.338 e. The normalized spacial score (nSPS) is 10.6. The molecule has 0 aliphatic rings. The second-order valence-electron chi connectivity index (χ2n) is 4.69. The van der Waals surface area contributed by atoms with Crippen LogP contribution in [0, 0.1) is 0 Å². The Labute approximate surface area is 132 Å². The van der Waals surface area contributed by atoms with Crippen molar-refractivity contribution >= 4 is 27.5 Å². The lowest BCUT2D eigenvalue weighted by molar-refractivity contribution is 0.0509. The fourth-order valence-corrected chi connectivity index (χ4v) is 3.04. The summed E-state index contributed by atoms with van der Waals surface area (Å²) in [5.74, 6) is 0.292. The van der Waals surface area contributed by atoms with E-state index in [1.807, 2.05) is 24.3 Å². The van der Waals surface area contributed by atoms with Gasteiger partial charge < -0.3 is 9.47 Å². The van der Waals surface area contributed by atoms with E-state index in [1.165, 1.54) is 0 Å². The second kappa shape index (κ2) is 6.58. The van der Waals surface area contributed by atoms with Crippen molar-refractivity contribution in [1.29, 1.82) is 0 Å². The molecule has 1 heterocycles. The summed E-state index contributed by atoms with van der Waals surface area (Å²) < 4.78 is 11.5. The minimum absolute atomic E-state index is 0.315. The number of thiazole rings is 1. The molecule has 4 nitrogen and oxygen atoms in total. The van der Waals surface area contributed by atoms with Gasteiger partial charge in [-0.3, -0.25) is 0 Å². The van der Waals surface area contributed by atoms with E-state index in [4.69, 9.17) is 9.47 Å². The molecule has 0 N–H and O–H groups in total. The van der Waals surface area contributed by atoms with Crippen molar-refractivity contribution < 1.29 is 14.3 Å². The average Bonchev–Trinajstić information content (AvgIpc) is 2.97. The van der Waals surface area contributed by atoms with Gasteiger partial charge in [0.1, 0.15) is 5.75 Å². The molecule has 2 aromatic carbocycles. The number of aromatic nitrogens is 1. The van der Waals surface area contributed by atoms with Crippen LogP contribution in [0.25, 0.3) is 10.2 Å². The number of carbonyl (C=O) groups excluding carboxylic acids is 1. The standard InChI is InChI=1S/C17H15NO3S/c1-20-13-6-4-5-12(11-13)17(19)21-10-9-16-18-14-7-2-3-8-15(14)22-16/h2-8,11H,9-10H2,1H3. The van der Waals surface area contributed by atoms with Gasteiger partial charge in [-0.2, -0.15) is 0 Å².